The third kappa shape index (κ3) is 10.0. The molecule has 5 atom stereocenters. The number of nitrogens with two attached hydrogens (primary N) is 1. The molecule has 0 fully saturated rings. The number of nitrogens with one attached hydrogen (secondary N) is 1. The number of amides is 1. The van der Waals surface area contributed by atoms with Gasteiger partial charge in [-0.15, -0.1) is 0 Å². The summed E-state index contributed by atoms with van der Waals surface area (Å²) in [5, 5.41) is 23.1. The predicted octanol–water partition coefficient (Wildman–Crippen LogP) is 3.62. The van der Waals surface area contributed by atoms with Crippen LogP contribution in [-0.4, -0.2) is 57.1 Å². The van der Waals surface area contributed by atoms with Gasteiger partial charge in [0.05, 0.1) is 25.9 Å². The van der Waals surface area contributed by atoms with E-state index in [4.69, 9.17) is 25.2 Å². The number of aliphatic hydroxyl groups excluding tert-OH is 1. The van der Waals surface area contributed by atoms with Crippen LogP contribution in [0.5, 0.6) is 11.5 Å². The molecule has 0 saturated carbocycles. The highest BCUT2D eigenvalue weighted by Crippen LogP contribution is 2.37. The largest absolute Gasteiger partial charge is 0.493 e. The third-order valence-corrected chi connectivity index (χ3v) is 6.63. The molecule has 0 aliphatic carbocycles. The normalized spacial score (nSPS) is 15.5. The Morgan fingerprint density at radius 3 is 2.46 bits per heavy atom. The Bertz CT molecular complexity index is 796. The van der Waals surface area contributed by atoms with Crippen LogP contribution in [0.15, 0.2) is 18.2 Å². The minimum Gasteiger partial charge on any atom is -0.493 e. The minimum absolute atomic E-state index is 0.186. The first-order valence-corrected chi connectivity index (χ1v) is 12.6. The van der Waals surface area contributed by atoms with Crippen LogP contribution in [0.4, 0.5) is 0 Å². The highest BCUT2D eigenvalue weighted by atomic mass is 16.5. The molecular weight excluding hydrogens is 446 g/mol. The number of carbonyl (C=O) groups is 1. The van der Waals surface area contributed by atoms with Crippen molar-refractivity contribution in [3.8, 4) is 17.6 Å². The fourth-order valence-corrected chi connectivity index (χ4v) is 3.99. The van der Waals surface area contributed by atoms with Gasteiger partial charge in [0.1, 0.15) is 0 Å². The molecule has 4 N–H and O–H groups in total. The summed E-state index contributed by atoms with van der Waals surface area (Å²) in [6.45, 7) is 9.62. The van der Waals surface area contributed by atoms with Crippen molar-refractivity contribution in [3.05, 3.63) is 23.8 Å². The Labute approximate surface area is 211 Å². The number of benzene rings is 1. The molecule has 35 heavy (non-hydrogen) atoms. The van der Waals surface area contributed by atoms with Crippen LogP contribution in [-0.2, 0) is 9.53 Å². The monoisotopic (exact) mass is 491 g/mol. The zero-order valence-electron chi connectivity index (χ0n) is 22.3. The summed E-state index contributed by atoms with van der Waals surface area (Å²) in [7, 11) is 3.22. The van der Waals surface area contributed by atoms with Gasteiger partial charge in [0.15, 0.2) is 11.5 Å². The van der Waals surface area contributed by atoms with Crippen molar-refractivity contribution in [1.29, 1.82) is 5.26 Å². The molecule has 0 aliphatic rings. The predicted molar refractivity (Wildman–Crippen MR) is 137 cm³/mol. The van der Waals surface area contributed by atoms with E-state index in [0.29, 0.717) is 62.4 Å². The number of aliphatic hydroxyl groups is 1. The maximum absolute atomic E-state index is 13.0. The van der Waals surface area contributed by atoms with E-state index < -0.39 is 24.0 Å². The van der Waals surface area contributed by atoms with E-state index in [1.54, 1.807) is 27.2 Å². The van der Waals surface area contributed by atoms with E-state index in [1.165, 1.54) is 0 Å². The average Bonchev–Trinajstić information content (AvgIpc) is 2.84. The summed E-state index contributed by atoms with van der Waals surface area (Å²) in [6.07, 6.45) is 1.37. The molecule has 0 heterocycles. The maximum atomic E-state index is 13.0. The van der Waals surface area contributed by atoms with Gasteiger partial charge in [-0.05, 0) is 42.4 Å². The van der Waals surface area contributed by atoms with Crippen LogP contribution in [0.2, 0.25) is 0 Å². The molecule has 1 unspecified atom stereocenters. The van der Waals surface area contributed by atoms with Crippen molar-refractivity contribution < 1.29 is 24.1 Å². The number of hydrogen-bond acceptors (Lipinski definition) is 7. The Kier molecular flexibility index (Phi) is 14.3. The van der Waals surface area contributed by atoms with Crippen LogP contribution >= 0.6 is 0 Å². The minimum atomic E-state index is -0.939. The molecule has 1 rings (SSSR count). The highest BCUT2D eigenvalue weighted by molar-refractivity contribution is 5.79. The molecule has 0 radical (unpaired) electrons. The Morgan fingerprint density at radius 1 is 1.14 bits per heavy atom. The molecule has 1 aromatic carbocycles. The highest BCUT2D eigenvalue weighted by Gasteiger charge is 2.36. The van der Waals surface area contributed by atoms with Gasteiger partial charge in [0.25, 0.3) is 0 Å². The number of nitrogens with zero attached hydrogens (tertiary/aromatic N) is 1. The molecule has 1 aromatic rings. The Hall–Kier alpha value is -2.34. The van der Waals surface area contributed by atoms with Crippen LogP contribution in [0, 0.1) is 29.1 Å². The van der Waals surface area contributed by atoms with E-state index >= 15 is 0 Å². The van der Waals surface area contributed by atoms with Crippen LogP contribution in [0.1, 0.15) is 64.9 Å². The summed E-state index contributed by atoms with van der Waals surface area (Å²) in [5.74, 6) is 0.589. The molecule has 0 spiro atoms. The average molecular weight is 492 g/mol. The zero-order chi connectivity index (χ0) is 26.4. The molecule has 0 bridgehead atoms. The zero-order valence-corrected chi connectivity index (χ0v) is 22.3. The van der Waals surface area contributed by atoms with E-state index in [2.05, 4.69) is 32.2 Å². The third-order valence-electron chi connectivity index (χ3n) is 6.63. The lowest BCUT2D eigenvalue weighted by molar-refractivity contribution is -0.126. The van der Waals surface area contributed by atoms with Gasteiger partial charge in [0.2, 0.25) is 5.91 Å². The summed E-state index contributed by atoms with van der Waals surface area (Å²) >= 11 is 0. The van der Waals surface area contributed by atoms with Gasteiger partial charge in [-0.2, -0.15) is 5.26 Å². The second kappa shape index (κ2) is 16.4. The van der Waals surface area contributed by atoms with Crippen LogP contribution < -0.4 is 20.5 Å². The fourth-order valence-electron chi connectivity index (χ4n) is 3.99. The first kappa shape index (κ1) is 30.7. The maximum Gasteiger partial charge on any atom is 0.223 e. The van der Waals surface area contributed by atoms with E-state index in [1.807, 2.05) is 12.1 Å². The number of methoxy groups -OCH3 is 2. The van der Waals surface area contributed by atoms with Crippen molar-refractivity contribution in [2.24, 2.45) is 23.5 Å². The van der Waals surface area contributed by atoms with E-state index in [0.717, 1.165) is 12.0 Å². The SMILES string of the molecule is COCCCOc1cc(C([C@@H](C)C(=O)NCCCC#N)[C@H](O)[C@@H](N)C[C@H](C)C(C)C)ccc1OC. The topological polar surface area (TPSA) is 127 Å². The molecule has 0 aromatic heterocycles. The molecule has 8 heteroatoms. The number of hydrogen-bond donors (Lipinski definition) is 3. The standard InChI is InChI=1S/C27H45N3O5/c1-18(2)19(3)16-22(29)26(31)25(20(4)27(32)30-13-8-7-12-28)21-10-11-23(34-6)24(17-21)35-15-9-14-33-5/h10-11,17-20,22,25-26,31H,7-9,13-16,29H2,1-6H3,(H,30,32)/t19-,20+,22-,25?,26+/m0/s1. The summed E-state index contributed by atoms with van der Waals surface area (Å²) in [6, 6.07) is 7.06. The van der Waals surface area contributed by atoms with Crippen molar-refractivity contribution in [2.75, 3.05) is 34.0 Å². The van der Waals surface area contributed by atoms with Gasteiger partial charge in [-0.25, -0.2) is 0 Å². The van der Waals surface area contributed by atoms with Gasteiger partial charge >= 0.3 is 0 Å². The van der Waals surface area contributed by atoms with E-state index in [-0.39, 0.29) is 5.91 Å². The number of unbranched alkanes of at least 4 members (excludes halogenated alkanes) is 1. The lowest BCUT2D eigenvalue weighted by atomic mass is 9.77. The van der Waals surface area contributed by atoms with E-state index in [9.17, 15) is 9.90 Å². The van der Waals surface area contributed by atoms with Gasteiger partial charge in [0, 0.05) is 51.0 Å². The lowest BCUT2D eigenvalue weighted by Gasteiger charge is -2.34. The first-order valence-electron chi connectivity index (χ1n) is 12.6. The summed E-state index contributed by atoms with van der Waals surface area (Å²) in [5.41, 5.74) is 7.25. The molecule has 0 saturated heterocycles. The molecule has 198 valence electrons. The molecule has 1 amide bonds. The molecule has 0 aliphatic heterocycles. The Balaban J connectivity index is 3.24. The quantitative estimate of drug-likeness (QED) is 0.284. The number of rotatable bonds is 17. The first-order chi connectivity index (χ1) is 16.7. The lowest BCUT2D eigenvalue weighted by Crippen LogP contribution is -2.45. The fraction of sp³-hybridized carbons (Fsp3) is 0.704. The number of carbonyl (C=O) groups excluding carboxylic acids is 1. The summed E-state index contributed by atoms with van der Waals surface area (Å²) < 4.78 is 16.5. The second-order valence-electron chi connectivity index (χ2n) is 9.58. The smallest absolute Gasteiger partial charge is 0.223 e. The van der Waals surface area contributed by atoms with Crippen molar-refractivity contribution in [2.45, 2.75) is 71.4 Å². The van der Waals surface area contributed by atoms with Crippen molar-refractivity contribution in [1.82, 2.24) is 5.32 Å². The van der Waals surface area contributed by atoms with Gasteiger partial charge in [-0.3, -0.25) is 4.79 Å². The van der Waals surface area contributed by atoms with Gasteiger partial charge < -0.3 is 30.4 Å². The Morgan fingerprint density at radius 2 is 1.86 bits per heavy atom. The second-order valence-corrected chi connectivity index (χ2v) is 9.58. The van der Waals surface area contributed by atoms with Gasteiger partial charge in [-0.1, -0.05) is 33.8 Å². The number of ether oxygens (including phenoxy) is 3. The molecule has 8 nitrogen and oxygen atoms in total. The van der Waals surface area contributed by atoms with Crippen molar-refractivity contribution >= 4 is 5.91 Å². The molecular formula is C27H45N3O5. The van der Waals surface area contributed by atoms with Crippen LogP contribution in [0.3, 0.4) is 0 Å². The summed E-state index contributed by atoms with van der Waals surface area (Å²) in [4.78, 5) is 13.0. The van der Waals surface area contributed by atoms with Crippen LogP contribution in [0.25, 0.3) is 0 Å². The number of nitriles is 1. The van der Waals surface area contributed by atoms with Crippen molar-refractivity contribution in [3.63, 3.8) is 0 Å².